The molecule has 2 amide bonds. The van der Waals surface area contributed by atoms with Gasteiger partial charge in [0.15, 0.2) is 0 Å². The molecule has 2 rings (SSSR count). The number of nitrogens with zero attached hydrogens (tertiary/aromatic N) is 2. The second-order valence-electron chi connectivity index (χ2n) is 8.48. The van der Waals surface area contributed by atoms with Crippen LogP contribution in [0.3, 0.4) is 0 Å². The van der Waals surface area contributed by atoms with Gasteiger partial charge in [-0.15, -0.1) is 0 Å². The fraction of sp³-hybridized carbons (Fsp3) is 0.440. The molecular formula is C25H33Cl2N3O4S. The van der Waals surface area contributed by atoms with Crippen molar-refractivity contribution < 1.29 is 18.0 Å². The second kappa shape index (κ2) is 13.1. The maximum atomic E-state index is 13.6. The topological polar surface area (TPSA) is 86.8 Å². The number of anilines is 1. The van der Waals surface area contributed by atoms with Crippen LogP contribution in [0, 0.1) is 6.92 Å². The van der Waals surface area contributed by atoms with E-state index in [1.165, 1.54) is 23.1 Å². The lowest BCUT2D eigenvalue weighted by Gasteiger charge is -2.33. The Hall–Kier alpha value is -2.29. The van der Waals surface area contributed by atoms with E-state index in [0.29, 0.717) is 13.0 Å². The Morgan fingerprint density at radius 1 is 1.06 bits per heavy atom. The molecule has 0 aliphatic heterocycles. The average Bonchev–Trinajstić information content (AvgIpc) is 2.76. The van der Waals surface area contributed by atoms with Crippen molar-refractivity contribution in [1.29, 1.82) is 0 Å². The highest BCUT2D eigenvalue weighted by molar-refractivity contribution is 7.92. The van der Waals surface area contributed by atoms with Crippen LogP contribution in [-0.4, -0.2) is 50.5 Å². The summed E-state index contributed by atoms with van der Waals surface area (Å²) in [6.45, 7) is 5.96. The molecule has 2 aromatic carbocycles. The van der Waals surface area contributed by atoms with E-state index < -0.39 is 28.5 Å². The predicted octanol–water partition coefficient (Wildman–Crippen LogP) is 4.79. The second-order valence-corrected chi connectivity index (χ2v) is 11.3. The van der Waals surface area contributed by atoms with E-state index in [9.17, 15) is 18.0 Å². The van der Waals surface area contributed by atoms with Crippen LogP contribution in [0.4, 0.5) is 5.69 Å². The van der Waals surface area contributed by atoms with Crippen LogP contribution in [0.25, 0.3) is 0 Å². The van der Waals surface area contributed by atoms with E-state index in [2.05, 4.69) is 5.32 Å². The third kappa shape index (κ3) is 8.70. The first kappa shape index (κ1) is 28.9. The Kier molecular flexibility index (Phi) is 10.9. The van der Waals surface area contributed by atoms with Crippen molar-refractivity contribution in [2.75, 3.05) is 23.7 Å². The molecule has 192 valence electrons. The summed E-state index contributed by atoms with van der Waals surface area (Å²) in [5, 5.41) is 3.38. The molecule has 0 saturated heterocycles. The normalized spacial score (nSPS) is 12.2. The van der Waals surface area contributed by atoms with Gasteiger partial charge in [0.05, 0.1) is 11.9 Å². The summed E-state index contributed by atoms with van der Waals surface area (Å²) < 4.78 is 26.3. The standard InChI is InChI=1S/C25H33Cl2N3O4S/c1-5-7-11-28-25(32)23(6-2)29(16-19-10-8-9-18(3)12-19)24(31)17-30(35(4,33)34)22-14-20(26)13-21(27)15-22/h8-10,12-15,23H,5-7,11,16-17H2,1-4H3,(H,28,32)/t23-/m1/s1. The highest BCUT2D eigenvalue weighted by atomic mass is 35.5. The summed E-state index contributed by atoms with van der Waals surface area (Å²) in [5.74, 6) is -0.774. The molecule has 7 nitrogen and oxygen atoms in total. The number of unbranched alkanes of at least 4 members (excludes halogenated alkanes) is 1. The van der Waals surface area contributed by atoms with Crippen LogP contribution in [0.15, 0.2) is 42.5 Å². The Morgan fingerprint density at radius 3 is 2.26 bits per heavy atom. The lowest BCUT2D eigenvalue weighted by atomic mass is 10.1. The molecular weight excluding hydrogens is 509 g/mol. The van der Waals surface area contributed by atoms with Crippen molar-refractivity contribution in [3.8, 4) is 0 Å². The zero-order valence-corrected chi connectivity index (χ0v) is 22.9. The fourth-order valence-corrected chi connectivity index (χ4v) is 5.08. The van der Waals surface area contributed by atoms with Crippen LogP contribution in [0.2, 0.25) is 10.0 Å². The van der Waals surface area contributed by atoms with Gasteiger partial charge in [0.1, 0.15) is 12.6 Å². The number of nitrogens with one attached hydrogen (secondary N) is 1. The maximum Gasteiger partial charge on any atom is 0.244 e. The van der Waals surface area contributed by atoms with Gasteiger partial charge in [-0.05, 0) is 43.5 Å². The number of hydrogen-bond acceptors (Lipinski definition) is 4. The van der Waals surface area contributed by atoms with E-state index in [4.69, 9.17) is 23.2 Å². The van der Waals surface area contributed by atoms with E-state index in [0.717, 1.165) is 34.5 Å². The van der Waals surface area contributed by atoms with Crippen molar-refractivity contribution in [2.24, 2.45) is 0 Å². The summed E-state index contributed by atoms with van der Waals surface area (Å²) in [6, 6.07) is 11.2. The van der Waals surface area contributed by atoms with Gasteiger partial charge in [-0.25, -0.2) is 8.42 Å². The van der Waals surface area contributed by atoms with Crippen molar-refractivity contribution in [1.82, 2.24) is 10.2 Å². The first-order valence-corrected chi connectivity index (χ1v) is 14.1. The smallest absolute Gasteiger partial charge is 0.244 e. The summed E-state index contributed by atoms with van der Waals surface area (Å²) in [4.78, 5) is 28.1. The lowest BCUT2D eigenvalue weighted by molar-refractivity contribution is -0.140. The molecule has 1 atom stereocenters. The average molecular weight is 543 g/mol. The van der Waals surface area contributed by atoms with Gasteiger partial charge in [-0.2, -0.15) is 0 Å². The summed E-state index contributed by atoms with van der Waals surface area (Å²) >= 11 is 12.2. The van der Waals surface area contributed by atoms with Crippen molar-refractivity contribution in [3.63, 3.8) is 0 Å². The Morgan fingerprint density at radius 2 is 1.71 bits per heavy atom. The highest BCUT2D eigenvalue weighted by Crippen LogP contribution is 2.27. The van der Waals surface area contributed by atoms with E-state index in [1.807, 2.05) is 45.0 Å². The minimum Gasteiger partial charge on any atom is -0.354 e. The lowest BCUT2D eigenvalue weighted by Crippen LogP contribution is -2.52. The molecule has 0 aliphatic carbocycles. The molecule has 0 spiro atoms. The Bertz CT molecular complexity index is 1120. The van der Waals surface area contributed by atoms with Gasteiger partial charge in [0, 0.05) is 23.1 Å². The number of benzene rings is 2. The van der Waals surface area contributed by atoms with Gasteiger partial charge in [-0.3, -0.25) is 13.9 Å². The Balaban J connectivity index is 2.43. The summed E-state index contributed by atoms with van der Waals surface area (Å²) in [6.07, 6.45) is 3.13. The first-order chi connectivity index (χ1) is 16.5. The van der Waals surface area contributed by atoms with Crippen molar-refractivity contribution in [2.45, 2.75) is 52.6 Å². The van der Waals surface area contributed by atoms with Gasteiger partial charge in [-0.1, -0.05) is 73.3 Å². The van der Waals surface area contributed by atoms with Crippen LogP contribution in [-0.2, 0) is 26.2 Å². The SMILES string of the molecule is CCCCNC(=O)[C@@H](CC)N(Cc1cccc(C)c1)C(=O)CN(c1cc(Cl)cc(Cl)c1)S(C)(=O)=O. The molecule has 0 fully saturated rings. The molecule has 0 radical (unpaired) electrons. The third-order valence-corrected chi connectivity index (χ3v) is 7.04. The molecule has 2 aromatic rings. The maximum absolute atomic E-state index is 13.6. The molecule has 0 bridgehead atoms. The number of rotatable bonds is 12. The number of carbonyl (C=O) groups is 2. The van der Waals surface area contributed by atoms with Gasteiger partial charge in [0.2, 0.25) is 21.8 Å². The quantitative estimate of drug-likeness (QED) is 0.391. The number of sulfonamides is 1. The van der Waals surface area contributed by atoms with Gasteiger partial charge < -0.3 is 10.2 Å². The van der Waals surface area contributed by atoms with Crippen molar-refractivity contribution >= 4 is 50.7 Å². The highest BCUT2D eigenvalue weighted by Gasteiger charge is 2.31. The van der Waals surface area contributed by atoms with Crippen LogP contribution < -0.4 is 9.62 Å². The molecule has 1 N–H and O–H groups in total. The fourth-order valence-electron chi connectivity index (χ4n) is 3.73. The number of amides is 2. The Labute approximate surface area is 218 Å². The van der Waals surface area contributed by atoms with Crippen LogP contribution >= 0.6 is 23.2 Å². The number of aryl methyl sites for hydroxylation is 1. The number of halogens is 2. The monoisotopic (exact) mass is 541 g/mol. The molecule has 0 aliphatic rings. The van der Waals surface area contributed by atoms with E-state index in [-0.39, 0.29) is 28.2 Å². The van der Waals surface area contributed by atoms with Gasteiger partial charge >= 0.3 is 0 Å². The number of hydrogen-bond donors (Lipinski definition) is 1. The molecule has 0 heterocycles. The van der Waals surface area contributed by atoms with Gasteiger partial charge in [0.25, 0.3) is 0 Å². The van der Waals surface area contributed by atoms with Crippen LogP contribution in [0.1, 0.15) is 44.2 Å². The summed E-state index contributed by atoms with van der Waals surface area (Å²) in [7, 11) is -3.86. The molecule has 0 unspecified atom stereocenters. The largest absolute Gasteiger partial charge is 0.354 e. The molecule has 0 aromatic heterocycles. The third-order valence-electron chi connectivity index (χ3n) is 5.47. The molecule has 10 heteroatoms. The zero-order chi connectivity index (χ0) is 26.2. The zero-order valence-electron chi connectivity index (χ0n) is 20.6. The minimum absolute atomic E-state index is 0.161. The van der Waals surface area contributed by atoms with E-state index >= 15 is 0 Å². The van der Waals surface area contributed by atoms with Crippen molar-refractivity contribution in [3.05, 3.63) is 63.6 Å². The molecule has 0 saturated carbocycles. The van der Waals surface area contributed by atoms with E-state index in [1.54, 1.807) is 0 Å². The number of carbonyl (C=O) groups excluding carboxylic acids is 2. The predicted molar refractivity (Wildman–Crippen MR) is 142 cm³/mol. The first-order valence-electron chi connectivity index (χ1n) is 11.5. The summed E-state index contributed by atoms with van der Waals surface area (Å²) in [5.41, 5.74) is 2.03. The molecule has 35 heavy (non-hydrogen) atoms. The van der Waals surface area contributed by atoms with Crippen LogP contribution in [0.5, 0.6) is 0 Å². The minimum atomic E-state index is -3.86.